The Morgan fingerprint density at radius 3 is 2.52 bits per heavy atom. The number of nitrogens with zero attached hydrogens (tertiary/aromatic N) is 1. The van der Waals surface area contributed by atoms with Gasteiger partial charge in [0.1, 0.15) is 0 Å². The van der Waals surface area contributed by atoms with Crippen LogP contribution in [0.5, 0.6) is 0 Å². The van der Waals surface area contributed by atoms with Gasteiger partial charge in [-0.25, -0.2) is 0 Å². The first-order chi connectivity index (χ1) is 16.1. The van der Waals surface area contributed by atoms with Gasteiger partial charge >= 0.3 is 0 Å². The van der Waals surface area contributed by atoms with Crippen LogP contribution in [0.15, 0.2) is 54.7 Å². The molecule has 0 unspecified atom stereocenters. The molecule has 2 aromatic carbocycles. The minimum atomic E-state index is -0.398. The molecule has 0 saturated carbocycles. The van der Waals surface area contributed by atoms with E-state index in [1.165, 1.54) is 37.9 Å². The molecule has 0 aromatic heterocycles. The van der Waals surface area contributed by atoms with E-state index in [1.54, 1.807) is 12.3 Å². The van der Waals surface area contributed by atoms with E-state index in [9.17, 15) is 9.59 Å². The van der Waals surface area contributed by atoms with Crippen LogP contribution in [0.25, 0.3) is 11.6 Å². The number of fused-ring (bicyclic) bond motifs is 1. The number of carbonyl (C=O) groups excluding carboxylic acids is 2. The van der Waals surface area contributed by atoms with Gasteiger partial charge < -0.3 is 5.32 Å². The highest BCUT2D eigenvalue weighted by molar-refractivity contribution is 6.31. The number of anilines is 1. The van der Waals surface area contributed by atoms with Crippen LogP contribution in [0.4, 0.5) is 5.69 Å². The van der Waals surface area contributed by atoms with Crippen molar-refractivity contribution in [1.29, 1.82) is 0 Å². The molecule has 33 heavy (non-hydrogen) atoms. The lowest BCUT2D eigenvalue weighted by Crippen LogP contribution is -2.36. The largest absolute Gasteiger partial charge is 0.361 e. The van der Waals surface area contributed by atoms with Crippen molar-refractivity contribution in [2.45, 2.75) is 38.6 Å². The number of likely N-dealkylation sites (tertiary alicyclic amines) is 1. The number of halogens is 1. The van der Waals surface area contributed by atoms with Gasteiger partial charge in [0, 0.05) is 35.4 Å². The summed E-state index contributed by atoms with van der Waals surface area (Å²) < 4.78 is 0. The Labute approximate surface area is 200 Å². The van der Waals surface area contributed by atoms with Crippen LogP contribution < -0.4 is 10.6 Å². The molecule has 5 nitrogen and oxygen atoms in total. The molecule has 172 valence electrons. The van der Waals surface area contributed by atoms with Gasteiger partial charge in [-0.1, -0.05) is 36.8 Å². The van der Waals surface area contributed by atoms with Crippen LogP contribution >= 0.6 is 11.6 Å². The maximum Gasteiger partial charge on any atom is 0.260 e. The van der Waals surface area contributed by atoms with Crippen molar-refractivity contribution in [2.75, 3.05) is 24.3 Å². The van der Waals surface area contributed by atoms with E-state index < -0.39 is 5.91 Å². The third kappa shape index (κ3) is 6.12. The molecule has 2 aliphatic rings. The highest BCUT2D eigenvalue weighted by Crippen LogP contribution is 2.26. The molecule has 2 heterocycles. The Bertz CT molecular complexity index is 1050. The molecule has 2 amide bonds. The number of carbonyl (C=O) groups is 2. The second-order valence-corrected chi connectivity index (χ2v) is 8.94. The number of hydrogen-bond donors (Lipinski definition) is 2. The first-order valence-corrected chi connectivity index (χ1v) is 12.2. The fraction of sp³-hybridized carbons (Fsp3) is 0.333. The highest BCUT2D eigenvalue weighted by atomic mass is 35.5. The third-order valence-electron chi connectivity index (χ3n) is 6.06. The Balaban J connectivity index is 1.49. The second-order valence-electron chi connectivity index (χ2n) is 8.56. The normalized spacial score (nSPS) is 17.9. The Hall–Kier alpha value is -2.89. The lowest BCUT2D eigenvalue weighted by atomic mass is 9.93. The molecule has 1 saturated heterocycles. The van der Waals surface area contributed by atoms with Gasteiger partial charge in [0.15, 0.2) is 0 Å². The lowest BCUT2D eigenvalue weighted by molar-refractivity contribution is -0.114. The van der Waals surface area contributed by atoms with Gasteiger partial charge in [0.25, 0.3) is 11.8 Å². The number of nitrogens with one attached hydrogen (secondary N) is 2. The van der Waals surface area contributed by atoms with Crippen molar-refractivity contribution in [3.05, 3.63) is 77.0 Å². The third-order valence-corrected chi connectivity index (χ3v) is 6.32. The zero-order valence-electron chi connectivity index (χ0n) is 18.8. The van der Waals surface area contributed by atoms with E-state index in [0.29, 0.717) is 22.6 Å². The molecular weight excluding hydrogens is 434 g/mol. The fourth-order valence-corrected chi connectivity index (χ4v) is 4.40. The standard InChI is InChI=1S/C27H30ClN3O2/c28-14-4-1-3-7-20-10-13-23-24(17-20)25(27(33)30-26(23)32)18-29-22-11-8-21(9-12-22)19-31-15-5-2-6-16-31/h3,7-13,17-18,29H,1-2,4-6,14-16,19H2,(H,30,32,33). The van der Waals surface area contributed by atoms with E-state index in [2.05, 4.69) is 33.7 Å². The molecular formula is C27H30ClN3O2. The van der Waals surface area contributed by atoms with E-state index in [-0.39, 0.29) is 5.91 Å². The van der Waals surface area contributed by atoms with Crippen LogP contribution in [0, 0.1) is 0 Å². The summed E-state index contributed by atoms with van der Waals surface area (Å²) in [4.78, 5) is 27.4. The minimum Gasteiger partial charge on any atom is -0.361 e. The molecule has 1 fully saturated rings. The highest BCUT2D eigenvalue weighted by Gasteiger charge is 2.27. The number of piperidine rings is 1. The topological polar surface area (TPSA) is 61.4 Å². The van der Waals surface area contributed by atoms with Crippen molar-refractivity contribution in [2.24, 2.45) is 0 Å². The molecule has 0 bridgehead atoms. The van der Waals surface area contributed by atoms with E-state index in [4.69, 9.17) is 11.6 Å². The Morgan fingerprint density at radius 2 is 1.76 bits per heavy atom. The van der Waals surface area contributed by atoms with Gasteiger partial charge in [-0.2, -0.15) is 0 Å². The first kappa shape index (κ1) is 23.3. The van der Waals surface area contributed by atoms with Crippen molar-refractivity contribution in [3.63, 3.8) is 0 Å². The average molecular weight is 464 g/mol. The summed E-state index contributed by atoms with van der Waals surface area (Å²) in [6, 6.07) is 13.8. The maximum absolute atomic E-state index is 12.6. The summed E-state index contributed by atoms with van der Waals surface area (Å²) in [5, 5.41) is 5.66. The van der Waals surface area contributed by atoms with Crippen molar-refractivity contribution in [1.82, 2.24) is 10.2 Å². The van der Waals surface area contributed by atoms with Crippen molar-refractivity contribution in [3.8, 4) is 0 Å². The average Bonchev–Trinajstić information content (AvgIpc) is 2.83. The molecule has 0 atom stereocenters. The summed E-state index contributed by atoms with van der Waals surface area (Å²) in [6.45, 7) is 3.31. The number of unbranched alkanes of at least 4 members (excludes halogenated alkanes) is 1. The van der Waals surface area contributed by atoms with Crippen LogP contribution in [0.3, 0.4) is 0 Å². The van der Waals surface area contributed by atoms with Crippen LogP contribution in [0.1, 0.15) is 59.2 Å². The molecule has 0 spiro atoms. The summed E-state index contributed by atoms with van der Waals surface area (Å²) in [5.74, 6) is -0.141. The van der Waals surface area contributed by atoms with Crippen LogP contribution in [-0.2, 0) is 11.3 Å². The van der Waals surface area contributed by atoms with E-state index in [1.807, 2.05) is 30.3 Å². The predicted molar refractivity (Wildman–Crippen MR) is 135 cm³/mol. The van der Waals surface area contributed by atoms with Gasteiger partial charge in [0.2, 0.25) is 0 Å². The van der Waals surface area contributed by atoms with Gasteiger partial charge in [0.05, 0.1) is 5.57 Å². The summed E-state index contributed by atoms with van der Waals surface area (Å²) in [7, 11) is 0. The zero-order chi connectivity index (χ0) is 23.0. The van der Waals surface area contributed by atoms with E-state index in [0.717, 1.165) is 30.6 Å². The first-order valence-electron chi connectivity index (χ1n) is 11.6. The number of allylic oxidation sites excluding steroid dienone is 1. The Morgan fingerprint density at radius 1 is 0.970 bits per heavy atom. The number of imide groups is 1. The lowest BCUT2D eigenvalue weighted by Gasteiger charge is -2.26. The van der Waals surface area contributed by atoms with Gasteiger partial charge in [-0.15, -0.1) is 11.6 Å². The number of amides is 2. The number of hydrogen-bond acceptors (Lipinski definition) is 4. The second kappa shape index (κ2) is 11.3. The maximum atomic E-state index is 12.6. The summed E-state index contributed by atoms with van der Waals surface area (Å²) >= 11 is 5.73. The summed E-state index contributed by atoms with van der Waals surface area (Å²) in [6.07, 6.45) is 11.4. The van der Waals surface area contributed by atoms with E-state index >= 15 is 0 Å². The van der Waals surface area contributed by atoms with Crippen LogP contribution in [0.2, 0.25) is 0 Å². The SMILES string of the molecule is O=C1NC(=O)c2ccc(C=CCCCCl)cc2C1=CNc1ccc(CN2CCCCC2)cc1. The van der Waals surface area contributed by atoms with Gasteiger partial charge in [-0.05, 0) is 74.2 Å². The molecule has 6 heteroatoms. The fourth-order valence-electron chi connectivity index (χ4n) is 4.24. The summed E-state index contributed by atoms with van der Waals surface area (Å²) in [5.41, 5.74) is 4.70. The number of alkyl halides is 1. The molecule has 2 aromatic rings. The Kier molecular flexibility index (Phi) is 7.97. The minimum absolute atomic E-state index is 0.369. The molecule has 0 aliphatic carbocycles. The molecule has 0 radical (unpaired) electrons. The van der Waals surface area contributed by atoms with Crippen molar-refractivity contribution >= 4 is 40.8 Å². The number of rotatable bonds is 8. The van der Waals surface area contributed by atoms with Gasteiger partial charge in [-0.3, -0.25) is 19.8 Å². The molecule has 2 aliphatic heterocycles. The molecule has 4 rings (SSSR count). The quantitative estimate of drug-likeness (QED) is 0.237. The smallest absolute Gasteiger partial charge is 0.260 e. The predicted octanol–water partition coefficient (Wildman–Crippen LogP) is 5.43. The zero-order valence-corrected chi connectivity index (χ0v) is 19.5. The monoisotopic (exact) mass is 463 g/mol. The van der Waals surface area contributed by atoms with Crippen LogP contribution in [-0.4, -0.2) is 35.7 Å². The van der Waals surface area contributed by atoms with Crippen molar-refractivity contribution < 1.29 is 9.59 Å². The number of benzene rings is 2. The molecule has 2 N–H and O–H groups in total.